The van der Waals surface area contributed by atoms with Gasteiger partial charge >= 0.3 is 0 Å². The lowest BCUT2D eigenvalue weighted by molar-refractivity contribution is 0.102. The lowest BCUT2D eigenvalue weighted by Gasteiger charge is -2.17. The van der Waals surface area contributed by atoms with Crippen molar-refractivity contribution in [2.75, 3.05) is 5.32 Å². The SMILES string of the molecule is Cc1cc(OC(C)c2ccccc2)ccc1NC(=O)c1cccc(F)c1F. The molecule has 0 aliphatic rings. The molecule has 3 aromatic carbocycles. The molecule has 0 spiro atoms. The summed E-state index contributed by atoms with van der Waals surface area (Å²) >= 11 is 0. The van der Waals surface area contributed by atoms with Gasteiger partial charge in [0.15, 0.2) is 11.6 Å². The van der Waals surface area contributed by atoms with Crippen molar-refractivity contribution >= 4 is 11.6 Å². The minimum absolute atomic E-state index is 0.132. The van der Waals surface area contributed by atoms with Gasteiger partial charge in [0.25, 0.3) is 5.91 Å². The van der Waals surface area contributed by atoms with Crippen LogP contribution in [0.4, 0.5) is 14.5 Å². The number of anilines is 1. The van der Waals surface area contributed by atoms with Crippen molar-refractivity contribution in [3.05, 3.63) is 95.1 Å². The van der Waals surface area contributed by atoms with Crippen molar-refractivity contribution in [3.8, 4) is 5.75 Å². The number of halogens is 2. The number of aryl methyl sites for hydroxylation is 1. The second-order valence-corrected chi connectivity index (χ2v) is 6.20. The highest BCUT2D eigenvalue weighted by Crippen LogP contribution is 2.26. The maximum absolute atomic E-state index is 13.8. The van der Waals surface area contributed by atoms with E-state index in [-0.39, 0.29) is 11.7 Å². The van der Waals surface area contributed by atoms with Crippen LogP contribution in [0.15, 0.2) is 66.7 Å². The highest BCUT2D eigenvalue weighted by molar-refractivity contribution is 6.04. The van der Waals surface area contributed by atoms with Crippen LogP contribution >= 0.6 is 0 Å². The quantitative estimate of drug-likeness (QED) is 0.631. The van der Waals surface area contributed by atoms with E-state index in [0.717, 1.165) is 17.2 Å². The molecule has 1 amide bonds. The largest absolute Gasteiger partial charge is 0.486 e. The van der Waals surface area contributed by atoms with Gasteiger partial charge in [0.05, 0.1) is 5.56 Å². The molecule has 0 radical (unpaired) electrons. The number of rotatable bonds is 5. The van der Waals surface area contributed by atoms with Gasteiger partial charge in [-0.1, -0.05) is 36.4 Å². The molecule has 3 nitrogen and oxygen atoms in total. The molecule has 0 fully saturated rings. The number of hydrogen-bond acceptors (Lipinski definition) is 2. The van der Waals surface area contributed by atoms with Crippen LogP contribution in [0.1, 0.15) is 34.5 Å². The number of ether oxygens (including phenoxy) is 1. The molecular formula is C22H19F2NO2. The first-order valence-electron chi connectivity index (χ1n) is 8.53. The van der Waals surface area contributed by atoms with Gasteiger partial charge in [-0.25, -0.2) is 8.78 Å². The van der Waals surface area contributed by atoms with Crippen molar-refractivity contribution in [1.29, 1.82) is 0 Å². The van der Waals surface area contributed by atoms with Gasteiger partial charge < -0.3 is 10.1 Å². The van der Waals surface area contributed by atoms with E-state index >= 15 is 0 Å². The fourth-order valence-corrected chi connectivity index (χ4v) is 2.71. The van der Waals surface area contributed by atoms with Gasteiger partial charge in [-0.3, -0.25) is 4.79 Å². The second-order valence-electron chi connectivity index (χ2n) is 6.20. The van der Waals surface area contributed by atoms with Crippen LogP contribution in [0.2, 0.25) is 0 Å². The summed E-state index contributed by atoms with van der Waals surface area (Å²) in [6.07, 6.45) is -0.132. The van der Waals surface area contributed by atoms with Crippen LogP contribution in [0.3, 0.4) is 0 Å². The maximum atomic E-state index is 13.8. The molecule has 1 unspecified atom stereocenters. The molecule has 0 bridgehead atoms. The van der Waals surface area contributed by atoms with Gasteiger partial charge in [-0.05, 0) is 55.3 Å². The molecule has 3 aromatic rings. The summed E-state index contributed by atoms with van der Waals surface area (Å²) in [4.78, 5) is 12.2. The molecule has 1 atom stereocenters. The van der Waals surface area contributed by atoms with E-state index in [1.807, 2.05) is 37.3 Å². The Hall–Kier alpha value is -3.21. The van der Waals surface area contributed by atoms with Crippen LogP contribution in [0, 0.1) is 18.6 Å². The first-order chi connectivity index (χ1) is 13.0. The van der Waals surface area contributed by atoms with E-state index in [1.165, 1.54) is 12.1 Å². The normalized spacial score (nSPS) is 11.7. The van der Waals surface area contributed by atoms with Gasteiger partial charge in [0, 0.05) is 5.69 Å². The Morgan fingerprint density at radius 2 is 1.74 bits per heavy atom. The van der Waals surface area contributed by atoms with Gasteiger partial charge in [-0.15, -0.1) is 0 Å². The average molecular weight is 367 g/mol. The van der Waals surface area contributed by atoms with Crippen LogP contribution in [0.25, 0.3) is 0 Å². The maximum Gasteiger partial charge on any atom is 0.258 e. The highest BCUT2D eigenvalue weighted by atomic mass is 19.2. The van der Waals surface area contributed by atoms with Crippen molar-refractivity contribution in [2.45, 2.75) is 20.0 Å². The summed E-state index contributed by atoms with van der Waals surface area (Å²) in [5.41, 5.74) is 1.96. The Kier molecular flexibility index (Phi) is 5.50. The summed E-state index contributed by atoms with van der Waals surface area (Å²) < 4.78 is 33.0. The van der Waals surface area contributed by atoms with Crippen LogP contribution in [0.5, 0.6) is 5.75 Å². The monoisotopic (exact) mass is 367 g/mol. The molecule has 0 aliphatic heterocycles. The lowest BCUT2D eigenvalue weighted by Crippen LogP contribution is -2.15. The predicted octanol–water partition coefficient (Wildman–Crippen LogP) is 5.67. The molecule has 0 heterocycles. The Morgan fingerprint density at radius 3 is 2.44 bits per heavy atom. The fraction of sp³-hybridized carbons (Fsp3) is 0.136. The summed E-state index contributed by atoms with van der Waals surface area (Å²) in [6, 6.07) is 18.5. The smallest absolute Gasteiger partial charge is 0.258 e. The zero-order valence-electron chi connectivity index (χ0n) is 15.0. The van der Waals surface area contributed by atoms with Crippen LogP contribution < -0.4 is 10.1 Å². The van der Waals surface area contributed by atoms with Crippen LogP contribution in [-0.4, -0.2) is 5.91 Å². The summed E-state index contributed by atoms with van der Waals surface area (Å²) in [5, 5.41) is 2.61. The third-order valence-electron chi connectivity index (χ3n) is 4.22. The molecule has 0 aromatic heterocycles. The van der Waals surface area contributed by atoms with Crippen molar-refractivity contribution in [2.24, 2.45) is 0 Å². The first kappa shape index (κ1) is 18.6. The zero-order chi connectivity index (χ0) is 19.4. The first-order valence-corrected chi connectivity index (χ1v) is 8.53. The number of carbonyl (C=O) groups excluding carboxylic acids is 1. The van der Waals surface area contributed by atoms with Crippen molar-refractivity contribution in [1.82, 2.24) is 0 Å². The molecule has 5 heteroatoms. The van der Waals surface area contributed by atoms with Crippen LogP contribution in [-0.2, 0) is 0 Å². The summed E-state index contributed by atoms with van der Waals surface area (Å²) in [7, 11) is 0. The van der Waals surface area contributed by atoms with E-state index in [9.17, 15) is 13.6 Å². The minimum atomic E-state index is -1.16. The Bertz CT molecular complexity index is 958. The van der Waals surface area contributed by atoms with E-state index in [0.29, 0.717) is 11.4 Å². The standard InChI is InChI=1S/C22H19F2NO2/c1-14-13-17(27-15(2)16-7-4-3-5-8-16)11-12-20(14)25-22(26)18-9-6-10-19(23)21(18)24/h3-13,15H,1-2H3,(H,25,26). The number of nitrogens with one attached hydrogen (secondary N) is 1. The number of benzene rings is 3. The summed E-state index contributed by atoms with van der Waals surface area (Å²) in [6.45, 7) is 3.75. The Labute approximate surface area is 156 Å². The molecule has 1 N–H and O–H groups in total. The third-order valence-corrected chi connectivity index (χ3v) is 4.22. The average Bonchev–Trinajstić information content (AvgIpc) is 2.66. The molecule has 27 heavy (non-hydrogen) atoms. The Morgan fingerprint density at radius 1 is 1.00 bits per heavy atom. The van der Waals surface area contributed by atoms with Gasteiger partial charge in [0.2, 0.25) is 0 Å². The zero-order valence-corrected chi connectivity index (χ0v) is 15.0. The molecule has 138 valence electrons. The van der Waals surface area contributed by atoms with E-state index < -0.39 is 17.5 Å². The third kappa shape index (κ3) is 4.31. The highest BCUT2D eigenvalue weighted by Gasteiger charge is 2.16. The van der Waals surface area contributed by atoms with E-state index in [2.05, 4.69) is 5.32 Å². The molecule has 0 aliphatic carbocycles. The van der Waals surface area contributed by atoms with E-state index in [4.69, 9.17) is 4.74 Å². The minimum Gasteiger partial charge on any atom is -0.486 e. The van der Waals surface area contributed by atoms with Crippen molar-refractivity contribution in [3.63, 3.8) is 0 Å². The molecule has 3 rings (SSSR count). The molecular weight excluding hydrogens is 348 g/mol. The number of hydrogen-bond donors (Lipinski definition) is 1. The number of carbonyl (C=O) groups is 1. The molecule has 0 saturated carbocycles. The van der Waals surface area contributed by atoms with E-state index in [1.54, 1.807) is 25.1 Å². The van der Waals surface area contributed by atoms with Crippen molar-refractivity contribution < 1.29 is 18.3 Å². The Balaban J connectivity index is 1.73. The van der Waals surface area contributed by atoms with Gasteiger partial charge in [-0.2, -0.15) is 0 Å². The predicted molar refractivity (Wildman–Crippen MR) is 101 cm³/mol. The second kappa shape index (κ2) is 7.99. The number of amides is 1. The fourth-order valence-electron chi connectivity index (χ4n) is 2.71. The van der Waals surface area contributed by atoms with Gasteiger partial charge in [0.1, 0.15) is 11.9 Å². The summed E-state index contributed by atoms with van der Waals surface area (Å²) in [5.74, 6) is -2.28. The topological polar surface area (TPSA) is 38.3 Å². The molecule has 0 saturated heterocycles. The lowest BCUT2D eigenvalue weighted by atomic mass is 10.1.